The molecular formula is C13H20BrNO2S. The molecule has 0 saturated heterocycles. The first kappa shape index (κ1) is 15.7. The molecule has 3 nitrogen and oxygen atoms in total. The smallest absolute Gasteiger partial charge is 0.208 e. The van der Waals surface area contributed by atoms with Crippen molar-refractivity contribution in [3.8, 4) is 0 Å². The molecule has 0 bridgehead atoms. The van der Waals surface area contributed by atoms with E-state index >= 15 is 0 Å². The van der Waals surface area contributed by atoms with Crippen LogP contribution in [0.3, 0.4) is 0 Å². The van der Waals surface area contributed by atoms with Crippen molar-refractivity contribution in [3.63, 3.8) is 0 Å². The van der Waals surface area contributed by atoms with Crippen LogP contribution in [0.15, 0.2) is 23.1 Å². The van der Waals surface area contributed by atoms with Crippen molar-refractivity contribution in [3.05, 3.63) is 29.3 Å². The van der Waals surface area contributed by atoms with E-state index in [4.69, 9.17) is 0 Å². The quantitative estimate of drug-likeness (QED) is 0.813. The van der Waals surface area contributed by atoms with E-state index in [1.54, 1.807) is 6.07 Å². The fourth-order valence-electron chi connectivity index (χ4n) is 1.76. The van der Waals surface area contributed by atoms with Crippen LogP contribution >= 0.6 is 15.9 Å². The molecule has 1 N–H and O–H groups in total. The molecule has 0 aliphatic rings. The van der Waals surface area contributed by atoms with E-state index in [1.807, 2.05) is 32.9 Å². The Balaban J connectivity index is 3.02. The lowest BCUT2D eigenvalue weighted by atomic mass is 10.2. The van der Waals surface area contributed by atoms with E-state index in [9.17, 15) is 8.42 Å². The van der Waals surface area contributed by atoms with Gasteiger partial charge in [-0.3, -0.25) is 0 Å². The van der Waals surface area contributed by atoms with Crippen molar-refractivity contribution in [1.29, 1.82) is 0 Å². The van der Waals surface area contributed by atoms with Crippen LogP contribution in [-0.2, 0) is 10.0 Å². The summed E-state index contributed by atoms with van der Waals surface area (Å²) in [5.41, 5.74) is 1.73. The lowest BCUT2D eigenvalue weighted by Gasteiger charge is -2.17. The molecule has 18 heavy (non-hydrogen) atoms. The molecule has 5 heteroatoms. The predicted octanol–water partition coefficient (Wildman–Crippen LogP) is 3.15. The molecule has 0 amide bonds. The number of hydrogen-bond acceptors (Lipinski definition) is 2. The van der Waals surface area contributed by atoms with Crippen LogP contribution in [0.5, 0.6) is 0 Å². The largest absolute Gasteiger partial charge is 0.241 e. The number of rotatable bonds is 6. The van der Waals surface area contributed by atoms with Crippen molar-refractivity contribution in [1.82, 2.24) is 4.72 Å². The van der Waals surface area contributed by atoms with Crippen molar-refractivity contribution < 1.29 is 8.42 Å². The van der Waals surface area contributed by atoms with Gasteiger partial charge in [-0.1, -0.05) is 35.0 Å². The topological polar surface area (TPSA) is 46.2 Å². The summed E-state index contributed by atoms with van der Waals surface area (Å²) < 4.78 is 27.4. The fraction of sp³-hybridized carbons (Fsp3) is 0.538. The van der Waals surface area contributed by atoms with Crippen LogP contribution in [0.25, 0.3) is 0 Å². The summed E-state index contributed by atoms with van der Waals surface area (Å²) >= 11 is 3.35. The highest BCUT2D eigenvalue weighted by molar-refractivity contribution is 9.09. The Hall–Kier alpha value is -0.390. The van der Waals surface area contributed by atoms with Crippen LogP contribution < -0.4 is 4.72 Å². The normalized spacial score (nSPS) is 13.6. The number of hydrogen-bond donors (Lipinski definition) is 1. The molecule has 1 rings (SSSR count). The summed E-state index contributed by atoms with van der Waals surface area (Å²) in [4.78, 5) is 0.385. The molecule has 0 fully saturated rings. The average molecular weight is 334 g/mol. The van der Waals surface area contributed by atoms with Crippen molar-refractivity contribution >= 4 is 26.0 Å². The first-order valence-corrected chi connectivity index (χ1v) is 8.66. The van der Waals surface area contributed by atoms with Crippen LogP contribution in [0.4, 0.5) is 0 Å². The summed E-state index contributed by atoms with van der Waals surface area (Å²) in [5, 5.41) is 0.792. The Morgan fingerprint density at radius 2 is 2.00 bits per heavy atom. The van der Waals surface area contributed by atoms with E-state index in [-0.39, 0.29) is 6.04 Å². The fourth-order valence-corrected chi connectivity index (χ4v) is 3.99. The second kappa shape index (κ2) is 6.68. The Bertz CT molecular complexity index is 500. The summed E-state index contributed by atoms with van der Waals surface area (Å²) in [5.74, 6) is 0. The van der Waals surface area contributed by atoms with Crippen molar-refractivity contribution in [2.75, 3.05) is 5.33 Å². The van der Waals surface area contributed by atoms with Gasteiger partial charge in [0.05, 0.1) is 4.90 Å². The van der Waals surface area contributed by atoms with Crippen LogP contribution in [0.1, 0.15) is 30.9 Å². The standard InChI is InChI=1S/C13H20BrNO2S/c1-4-12(7-8-14)15-18(16,17)13-9-10(2)5-6-11(13)3/h5-6,9,12,15H,4,7-8H2,1-3H3. The van der Waals surface area contributed by atoms with E-state index < -0.39 is 10.0 Å². The van der Waals surface area contributed by atoms with E-state index in [2.05, 4.69) is 20.7 Å². The number of alkyl halides is 1. The molecule has 102 valence electrons. The maximum absolute atomic E-state index is 12.3. The highest BCUT2D eigenvalue weighted by Crippen LogP contribution is 2.18. The van der Waals surface area contributed by atoms with Gasteiger partial charge in [0.15, 0.2) is 0 Å². The summed E-state index contributed by atoms with van der Waals surface area (Å²) in [6.07, 6.45) is 1.58. The highest BCUT2D eigenvalue weighted by Gasteiger charge is 2.20. The lowest BCUT2D eigenvalue weighted by Crippen LogP contribution is -2.35. The van der Waals surface area contributed by atoms with Gasteiger partial charge in [-0.25, -0.2) is 13.1 Å². The molecule has 0 aliphatic heterocycles. The van der Waals surface area contributed by atoms with Gasteiger partial charge in [0.1, 0.15) is 0 Å². The van der Waals surface area contributed by atoms with Crippen molar-refractivity contribution in [2.45, 2.75) is 44.6 Å². The Morgan fingerprint density at radius 1 is 1.33 bits per heavy atom. The summed E-state index contributed by atoms with van der Waals surface area (Å²) in [6.45, 7) is 5.70. The molecule has 1 aromatic carbocycles. The summed E-state index contributed by atoms with van der Waals surface area (Å²) in [6, 6.07) is 5.46. The van der Waals surface area contributed by atoms with Gasteiger partial charge in [0, 0.05) is 11.4 Å². The maximum Gasteiger partial charge on any atom is 0.241 e. The molecule has 0 saturated carbocycles. The average Bonchev–Trinajstić information content (AvgIpc) is 2.31. The number of aryl methyl sites for hydroxylation is 2. The number of nitrogens with one attached hydrogen (secondary N) is 1. The zero-order valence-electron chi connectivity index (χ0n) is 11.0. The minimum atomic E-state index is -3.42. The van der Waals surface area contributed by atoms with Gasteiger partial charge < -0.3 is 0 Å². The molecule has 0 aromatic heterocycles. The third-order valence-electron chi connectivity index (χ3n) is 2.91. The Kier molecular flexibility index (Phi) is 5.82. The third-order valence-corrected chi connectivity index (χ3v) is 5.03. The molecule has 1 unspecified atom stereocenters. The summed E-state index contributed by atoms with van der Waals surface area (Å²) in [7, 11) is -3.42. The van der Waals surface area contributed by atoms with E-state index in [1.165, 1.54) is 0 Å². The van der Waals surface area contributed by atoms with Gasteiger partial charge in [0.2, 0.25) is 10.0 Å². The molecule has 0 aliphatic carbocycles. The van der Waals surface area contributed by atoms with Gasteiger partial charge in [-0.05, 0) is 43.9 Å². The molecule has 0 heterocycles. The van der Waals surface area contributed by atoms with Crippen LogP contribution in [0.2, 0.25) is 0 Å². The second-order valence-electron chi connectivity index (χ2n) is 4.47. The molecule has 1 aromatic rings. The van der Waals surface area contributed by atoms with Crippen molar-refractivity contribution in [2.24, 2.45) is 0 Å². The third kappa shape index (κ3) is 4.07. The Morgan fingerprint density at radius 3 is 2.56 bits per heavy atom. The number of benzene rings is 1. The highest BCUT2D eigenvalue weighted by atomic mass is 79.9. The monoisotopic (exact) mass is 333 g/mol. The maximum atomic E-state index is 12.3. The first-order valence-electron chi connectivity index (χ1n) is 6.06. The zero-order chi connectivity index (χ0) is 13.8. The van der Waals surface area contributed by atoms with Gasteiger partial charge in [0.25, 0.3) is 0 Å². The number of halogens is 1. The molecule has 1 atom stereocenters. The first-order chi connectivity index (χ1) is 8.40. The van der Waals surface area contributed by atoms with Crippen LogP contribution in [0, 0.1) is 13.8 Å². The molecule has 0 radical (unpaired) electrons. The van der Waals surface area contributed by atoms with E-state index in [0.29, 0.717) is 4.90 Å². The lowest BCUT2D eigenvalue weighted by molar-refractivity contribution is 0.532. The molecule has 0 spiro atoms. The molecular weight excluding hydrogens is 314 g/mol. The minimum absolute atomic E-state index is 0.0192. The van der Waals surface area contributed by atoms with Gasteiger partial charge >= 0.3 is 0 Å². The second-order valence-corrected chi connectivity index (χ2v) is 6.95. The predicted molar refractivity (Wildman–Crippen MR) is 78.7 cm³/mol. The van der Waals surface area contributed by atoms with E-state index in [0.717, 1.165) is 29.3 Å². The van der Waals surface area contributed by atoms with Gasteiger partial charge in [-0.15, -0.1) is 0 Å². The SMILES string of the molecule is CCC(CCBr)NS(=O)(=O)c1cc(C)ccc1C. The number of sulfonamides is 1. The Labute approximate surface area is 118 Å². The minimum Gasteiger partial charge on any atom is -0.208 e. The zero-order valence-corrected chi connectivity index (χ0v) is 13.4. The van der Waals surface area contributed by atoms with Gasteiger partial charge in [-0.2, -0.15) is 0 Å². The van der Waals surface area contributed by atoms with Crippen LogP contribution in [-0.4, -0.2) is 19.8 Å².